The van der Waals surface area contributed by atoms with Crippen molar-refractivity contribution in [1.82, 2.24) is 0 Å². The standard InChI is InChI=1S/C22H21F3N2O/c23-22(24,25)18-9-6-10-19(15-18)26-13-14-27-20-11-4-5-12-21(20)28-16-17-7-2-1-3-8-17/h1-12,15,26-27H,13-14,16H2. The third-order valence-corrected chi connectivity index (χ3v) is 4.08. The van der Waals surface area contributed by atoms with Gasteiger partial charge in [-0.25, -0.2) is 0 Å². The van der Waals surface area contributed by atoms with Crippen LogP contribution >= 0.6 is 0 Å². The van der Waals surface area contributed by atoms with Gasteiger partial charge in [0.25, 0.3) is 0 Å². The minimum absolute atomic E-state index is 0.435. The van der Waals surface area contributed by atoms with E-state index in [9.17, 15) is 13.2 Å². The fourth-order valence-electron chi connectivity index (χ4n) is 2.68. The van der Waals surface area contributed by atoms with Gasteiger partial charge in [-0.2, -0.15) is 13.2 Å². The largest absolute Gasteiger partial charge is 0.487 e. The molecule has 0 unspecified atom stereocenters. The molecule has 3 aromatic carbocycles. The summed E-state index contributed by atoms with van der Waals surface area (Å²) in [5.74, 6) is 0.727. The average Bonchev–Trinajstić information content (AvgIpc) is 2.71. The molecule has 0 aliphatic heterocycles. The number of rotatable bonds is 8. The van der Waals surface area contributed by atoms with Crippen LogP contribution in [0.3, 0.4) is 0 Å². The minimum atomic E-state index is -4.34. The lowest BCUT2D eigenvalue weighted by molar-refractivity contribution is -0.137. The molecule has 0 atom stereocenters. The van der Waals surface area contributed by atoms with Gasteiger partial charge < -0.3 is 15.4 Å². The lowest BCUT2D eigenvalue weighted by Gasteiger charge is -2.14. The van der Waals surface area contributed by atoms with Crippen LogP contribution in [-0.4, -0.2) is 13.1 Å². The van der Waals surface area contributed by atoms with Crippen molar-refractivity contribution < 1.29 is 17.9 Å². The summed E-state index contributed by atoms with van der Waals surface area (Å²) < 4.78 is 44.2. The molecule has 0 bridgehead atoms. The number of para-hydroxylation sites is 2. The molecule has 3 aromatic rings. The predicted octanol–water partition coefficient (Wildman–Crippen LogP) is 5.81. The van der Waals surface area contributed by atoms with E-state index in [2.05, 4.69) is 10.6 Å². The topological polar surface area (TPSA) is 33.3 Å². The Bertz CT molecular complexity index is 882. The first kappa shape index (κ1) is 19.6. The molecule has 0 saturated heterocycles. The Balaban J connectivity index is 1.51. The molecule has 2 N–H and O–H groups in total. The molecule has 3 rings (SSSR count). The molecule has 0 aliphatic rings. The van der Waals surface area contributed by atoms with E-state index < -0.39 is 11.7 Å². The van der Waals surface area contributed by atoms with Crippen molar-refractivity contribution in [2.75, 3.05) is 23.7 Å². The molecule has 0 aromatic heterocycles. The highest BCUT2D eigenvalue weighted by atomic mass is 19.4. The van der Waals surface area contributed by atoms with Crippen LogP contribution in [0.1, 0.15) is 11.1 Å². The van der Waals surface area contributed by atoms with E-state index in [1.165, 1.54) is 6.07 Å². The van der Waals surface area contributed by atoms with Gasteiger partial charge in [-0.1, -0.05) is 48.5 Å². The first-order valence-electron chi connectivity index (χ1n) is 8.93. The summed E-state index contributed by atoms with van der Waals surface area (Å²) >= 11 is 0. The highest BCUT2D eigenvalue weighted by Gasteiger charge is 2.30. The van der Waals surface area contributed by atoms with Gasteiger partial charge in [0, 0.05) is 18.8 Å². The highest BCUT2D eigenvalue weighted by molar-refractivity contribution is 5.56. The second-order valence-electron chi connectivity index (χ2n) is 6.20. The summed E-state index contributed by atoms with van der Waals surface area (Å²) in [5.41, 5.74) is 1.68. The maximum atomic E-state index is 12.8. The Morgan fingerprint density at radius 3 is 2.25 bits per heavy atom. The molecule has 0 spiro atoms. The van der Waals surface area contributed by atoms with E-state index in [-0.39, 0.29) is 0 Å². The minimum Gasteiger partial charge on any atom is -0.487 e. The summed E-state index contributed by atoms with van der Waals surface area (Å²) in [5, 5.41) is 6.26. The molecule has 28 heavy (non-hydrogen) atoms. The summed E-state index contributed by atoms with van der Waals surface area (Å²) in [6.45, 7) is 1.46. The van der Waals surface area contributed by atoms with Crippen LogP contribution in [0.5, 0.6) is 5.75 Å². The third kappa shape index (κ3) is 5.67. The normalized spacial score (nSPS) is 11.1. The van der Waals surface area contributed by atoms with Crippen molar-refractivity contribution in [1.29, 1.82) is 0 Å². The molecule has 0 aliphatic carbocycles. The fraction of sp³-hybridized carbons (Fsp3) is 0.182. The van der Waals surface area contributed by atoms with E-state index in [1.54, 1.807) is 6.07 Å². The SMILES string of the molecule is FC(F)(F)c1cccc(NCCNc2ccccc2OCc2ccccc2)c1. The Kier molecular flexibility index (Phi) is 6.42. The predicted molar refractivity (Wildman–Crippen MR) is 106 cm³/mol. The van der Waals surface area contributed by atoms with E-state index in [4.69, 9.17) is 4.74 Å². The number of hydrogen-bond acceptors (Lipinski definition) is 3. The Labute approximate surface area is 162 Å². The van der Waals surface area contributed by atoms with E-state index in [1.807, 2.05) is 54.6 Å². The van der Waals surface area contributed by atoms with Crippen LogP contribution in [0.4, 0.5) is 24.5 Å². The van der Waals surface area contributed by atoms with Crippen molar-refractivity contribution in [2.45, 2.75) is 12.8 Å². The first-order chi connectivity index (χ1) is 13.5. The zero-order valence-corrected chi connectivity index (χ0v) is 15.2. The van der Waals surface area contributed by atoms with Gasteiger partial charge in [0.1, 0.15) is 12.4 Å². The summed E-state index contributed by atoms with van der Waals surface area (Å²) in [6, 6.07) is 22.6. The van der Waals surface area contributed by atoms with Gasteiger partial charge in [-0.15, -0.1) is 0 Å². The van der Waals surface area contributed by atoms with Gasteiger partial charge in [0.05, 0.1) is 11.3 Å². The maximum Gasteiger partial charge on any atom is 0.416 e. The van der Waals surface area contributed by atoms with Crippen molar-refractivity contribution in [3.8, 4) is 5.75 Å². The molecular weight excluding hydrogens is 365 g/mol. The van der Waals surface area contributed by atoms with Gasteiger partial charge in [0.2, 0.25) is 0 Å². The number of hydrogen-bond donors (Lipinski definition) is 2. The number of benzene rings is 3. The van der Waals surface area contributed by atoms with Crippen LogP contribution < -0.4 is 15.4 Å². The molecular formula is C22H21F3N2O. The fourth-order valence-corrected chi connectivity index (χ4v) is 2.68. The van der Waals surface area contributed by atoms with Crippen LogP contribution in [0.25, 0.3) is 0 Å². The van der Waals surface area contributed by atoms with Crippen LogP contribution in [0.15, 0.2) is 78.9 Å². The van der Waals surface area contributed by atoms with Gasteiger partial charge in [-0.3, -0.25) is 0 Å². The number of nitrogens with one attached hydrogen (secondary N) is 2. The molecule has 0 amide bonds. The van der Waals surface area contributed by atoms with Crippen molar-refractivity contribution >= 4 is 11.4 Å². The Morgan fingerprint density at radius 2 is 1.46 bits per heavy atom. The molecule has 146 valence electrons. The average molecular weight is 386 g/mol. The highest BCUT2D eigenvalue weighted by Crippen LogP contribution is 2.30. The van der Waals surface area contributed by atoms with Gasteiger partial charge >= 0.3 is 6.18 Å². The maximum absolute atomic E-state index is 12.8. The molecule has 0 heterocycles. The summed E-state index contributed by atoms with van der Waals surface area (Å²) in [6.07, 6.45) is -4.34. The number of alkyl halides is 3. The lowest BCUT2D eigenvalue weighted by Crippen LogP contribution is -2.15. The lowest BCUT2D eigenvalue weighted by atomic mass is 10.2. The van der Waals surface area contributed by atoms with Crippen molar-refractivity contribution in [2.24, 2.45) is 0 Å². The van der Waals surface area contributed by atoms with E-state index >= 15 is 0 Å². The first-order valence-corrected chi connectivity index (χ1v) is 8.93. The zero-order chi connectivity index (χ0) is 19.8. The molecule has 6 heteroatoms. The molecule has 0 fully saturated rings. The quantitative estimate of drug-likeness (QED) is 0.480. The van der Waals surface area contributed by atoms with Crippen molar-refractivity contribution in [3.63, 3.8) is 0 Å². The van der Waals surface area contributed by atoms with Gasteiger partial charge in [-0.05, 0) is 35.9 Å². The monoisotopic (exact) mass is 386 g/mol. The van der Waals surface area contributed by atoms with Crippen LogP contribution in [0.2, 0.25) is 0 Å². The van der Waals surface area contributed by atoms with E-state index in [0.29, 0.717) is 25.4 Å². The summed E-state index contributed by atoms with van der Waals surface area (Å²) in [4.78, 5) is 0. The second kappa shape index (κ2) is 9.17. The zero-order valence-electron chi connectivity index (χ0n) is 15.2. The smallest absolute Gasteiger partial charge is 0.416 e. The Hall–Kier alpha value is -3.15. The van der Waals surface area contributed by atoms with E-state index in [0.717, 1.165) is 29.1 Å². The van der Waals surface area contributed by atoms with Crippen molar-refractivity contribution in [3.05, 3.63) is 90.0 Å². The molecule has 0 radical (unpaired) electrons. The number of anilines is 2. The Morgan fingerprint density at radius 1 is 0.750 bits per heavy atom. The second-order valence-corrected chi connectivity index (χ2v) is 6.20. The number of ether oxygens (including phenoxy) is 1. The number of halogens is 3. The third-order valence-electron chi connectivity index (χ3n) is 4.08. The summed E-state index contributed by atoms with van der Waals surface area (Å²) in [7, 11) is 0. The van der Waals surface area contributed by atoms with Gasteiger partial charge in [0.15, 0.2) is 0 Å². The molecule has 3 nitrogen and oxygen atoms in total. The molecule has 0 saturated carbocycles. The van der Waals surface area contributed by atoms with Crippen LogP contribution in [-0.2, 0) is 12.8 Å². The van der Waals surface area contributed by atoms with Crippen LogP contribution in [0, 0.1) is 0 Å².